The van der Waals surface area contributed by atoms with Crippen LogP contribution >= 0.6 is 0 Å². The third-order valence-electron chi connectivity index (χ3n) is 2.94. The predicted octanol–water partition coefficient (Wildman–Crippen LogP) is 0.893. The van der Waals surface area contributed by atoms with Gasteiger partial charge in [-0.25, -0.2) is 5.06 Å². The molecule has 1 amide bonds. The summed E-state index contributed by atoms with van der Waals surface area (Å²) in [5.41, 5.74) is 2.30. The molecule has 0 radical (unpaired) electrons. The lowest BCUT2D eigenvalue weighted by Crippen LogP contribution is -2.41. The number of hydroxylamine groups is 2. The summed E-state index contributed by atoms with van der Waals surface area (Å²) < 4.78 is 0. The van der Waals surface area contributed by atoms with Crippen LogP contribution in [0.4, 0.5) is 0 Å². The predicted molar refractivity (Wildman–Crippen MR) is 60.7 cm³/mol. The molecule has 16 heavy (non-hydrogen) atoms. The van der Waals surface area contributed by atoms with E-state index in [4.69, 9.17) is 4.84 Å². The van der Waals surface area contributed by atoms with Crippen LogP contribution in [-0.4, -0.2) is 31.7 Å². The van der Waals surface area contributed by atoms with Crippen molar-refractivity contribution in [1.29, 1.82) is 0 Å². The van der Waals surface area contributed by atoms with Gasteiger partial charge in [0.05, 0.1) is 7.11 Å². The second kappa shape index (κ2) is 4.63. The standard InChI is InChI=1S/C12H16N2O2/c1-14(16-2)12(15)11-10-6-4-3-5-9(10)7-8-13-11/h3-6,11,13H,7-8H2,1-2H3. The molecular weight excluding hydrogens is 204 g/mol. The molecule has 0 saturated heterocycles. The molecule has 2 rings (SSSR count). The summed E-state index contributed by atoms with van der Waals surface area (Å²) in [4.78, 5) is 17.0. The Labute approximate surface area is 95.2 Å². The van der Waals surface area contributed by atoms with Crippen molar-refractivity contribution in [2.45, 2.75) is 12.5 Å². The van der Waals surface area contributed by atoms with Crippen molar-refractivity contribution >= 4 is 5.91 Å². The molecule has 86 valence electrons. The van der Waals surface area contributed by atoms with Gasteiger partial charge in [0.25, 0.3) is 5.91 Å². The Morgan fingerprint density at radius 2 is 2.25 bits per heavy atom. The zero-order valence-electron chi connectivity index (χ0n) is 9.56. The topological polar surface area (TPSA) is 41.6 Å². The number of rotatable bonds is 2. The third kappa shape index (κ3) is 1.94. The minimum atomic E-state index is -0.283. The second-order valence-corrected chi connectivity index (χ2v) is 3.85. The van der Waals surface area contributed by atoms with E-state index in [1.54, 1.807) is 7.05 Å². The number of nitrogens with zero attached hydrogens (tertiary/aromatic N) is 1. The van der Waals surface area contributed by atoms with Gasteiger partial charge in [0.1, 0.15) is 6.04 Å². The van der Waals surface area contributed by atoms with E-state index in [2.05, 4.69) is 11.4 Å². The molecular formula is C12H16N2O2. The first-order valence-corrected chi connectivity index (χ1v) is 5.37. The van der Waals surface area contributed by atoms with Crippen molar-refractivity contribution in [3.63, 3.8) is 0 Å². The molecule has 1 unspecified atom stereocenters. The maximum Gasteiger partial charge on any atom is 0.267 e. The smallest absolute Gasteiger partial charge is 0.267 e. The van der Waals surface area contributed by atoms with Gasteiger partial charge in [-0.15, -0.1) is 0 Å². The van der Waals surface area contributed by atoms with Gasteiger partial charge in [0, 0.05) is 13.6 Å². The molecule has 0 aromatic heterocycles. The molecule has 1 atom stereocenters. The highest BCUT2D eigenvalue weighted by molar-refractivity contribution is 5.83. The molecule has 1 aromatic carbocycles. The van der Waals surface area contributed by atoms with Crippen LogP contribution in [0.5, 0.6) is 0 Å². The summed E-state index contributed by atoms with van der Waals surface area (Å²) in [6.07, 6.45) is 0.969. The van der Waals surface area contributed by atoms with Gasteiger partial charge in [-0.05, 0) is 17.5 Å². The Morgan fingerprint density at radius 1 is 1.50 bits per heavy atom. The monoisotopic (exact) mass is 220 g/mol. The van der Waals surface area contributed by atoms with Crippen LogP contribution in [0.2, 0.25) is 0 Å². The molecule has 1 aliphatic heterocycles. The zero-order valence-corrected chi connectivity index (χ0v) is 9.56. The van der Waals surface area contributed by atoms with Crippen LogP contribution < -0.4 is 5.32 Å². The third-order valence-corrected chi connectivity index (χ3v) is 2.94. The van der Waals surface area contributed by atoms with Gasteiger partial charge in [-0.2, -0.15) is 0 Å². The zero-order chi connectivity index (χ0) is 11.5. The van der Waals surface area contributed by atoms with Gasteiger partial charge in [-0.1, -0.05) is 24.3 Å². The molecule has 0 aliphatic carbocycles. The van der Waals surface area contributed by atoms with E-state index in [1.165, 1.54) is 17.7 Å². The summed E-state index contributed by atoms with van der Waals surface area (Å²) in [5, 5.41) is 4.48. The van der Waals surface area contributed by atoms with Gasteiger partial charge in [-0.3, -0.25) is 9.63 Å². The minimum Gasteiger partial charge on any atom is -0.302 e. The van der Waals surface area contributed by atoms with Gasteiger partial charge in [0.15, 0.2) is 0 Å². The fourth-order valence-electron chi connectivity index (χ4n) is 2.00. The molecule has 0 bridgehead atoms. The highest BCUT2D eigenvalue weighted by atomic mass is 16.7. The van der Waals surface area contributed by atoms with Crippen molar-refractivity contribution in [1.82, 2.24) is 10.4 Å². The highest BCUT2D eigenvalue weighted by Gasteiger charge is 2.28. The fraction of sp³-hybridized carbons (Fsp3) is 0.417. The summed E-state index contributed by atoms with van der Waals surface area (Å²) in [6, 6.07) is 7.75. The van der Waals surface area contributed by atoms with E-state index in [0.717, 1.165) is 18.5 Å². The van der Waals surface area contributed by atoms with Crippen molar-refractivity contribution in [3.8, 4) is 0 Å². The Balaban J connectivity index is 2.28. The molecule has 0 spiro atoms. The molecule has 0 saturated carbocycles. The van der Waals surface area contributed by atoms with E-state index < -0.39 is 0 Å². The number of likely N-dealkylation sites (N-methyl/N-ethyl adjacent to an activating group) is 1. The Kier molecular flexibility index (Phi) is 3.22. The normalized spacial score (nSPS) is 19.0. The van der Waals surface area contributed by atoms with Gasteiger partial charge in [0.2, 0.25) is 0 Å². The van der Waals surface area contributed by atoms with E-state index in [9.17, 15) is 4.79 Å². The second-order valence-electron chi connectivity index (χ2n) is 3.85. The van der Waals surface area contributed by atoms with Crippen LogP contribution in [-0.2, 0) is 16.1 Å². The first-order valence-electron chi connectivity index (χ1n) is 5.37. The van der Waals surface area contributed by atoms with E-state index in [1.807, 2.05) is 18.2 Å². The lowest BCUT2D eigenvalue weighted by Gasteiger charge is -2.28. The summed E-state index contributed by atoms with van der Waals surface area (Å²) >= 11 is 0. The quantitative estimate of drug-likeness (QED) is 0.753. The fourth-order valence-corrected chi connectivity index (χ4v) is 2.00. The summed E-state index contributed by atoms with van der Waals surface area (Å²) in [5.74, 6) is -0.0605. The maximum absolute atomic E-state index is 12.0. The average molecular weight is 220 g/mol. The molecule has 1 aliphatic rings. The molecule has 1 aromatic rings. The van der Waals surface area contributed by atoms with Crippen LogP contribution in [0.25, 0.3) is 0 Å². The van der Waals surface area contributed by atoms with Crippen LogP contribution in [0.1, 0.15) is 17.2 Å². The van der Waals surface area contributed by atoms with E-state index in [0.29, 0.717) is 0 Å². The number of amides is 1. The lowest BCUT2D eigenvalue weighted by atomic mass is 9.94. The molecule has 4 nitrogen and oxygen atoms in total. The Hall–Kier alpha value is -1.39. The molecule has 0 fully saturated rings. The summed E-state index contributed by atoms with van der Waals surface area (Å²) in [6.45, 7) is 0.824. The first kappa shape index (κ1) is 11.1. The minimum absolute atomic E-state index is 0.0605. The molecule has 1 heterocycles. The Morgan fingerprint density at radius 3 is 3.00 bits per heavy atom. The number of hydrogen-bond acceptors (Lipinski definition) is 3. The first-order chi connectivity index (χ1) is 7.74. The Bertz CT molecular complexity index is 392. The molecule has 1 N–H and O–H groups in total. The number of nitrogens with one attached hydrogen (secondary N) is 1. The maximum atomic E-state index is 12.0. The van der Waals surface area contributed by atoms with Crippen molar-refractivity contribution in [2.75, 3.05) is 20.7 Å². The lowest BCUT2D eigenvalue weighted by molar-refractivity contribution is -0.171. The highest BCUT2D eigenvalue weighted by Crippen LogP contribution is 2.23. The number of carbonyl (C=O) groups is 1. The number of carbonyl (C=O) groups excluding carboxylic acids is 1. The van der Waals surface area contributed by atoms with Gasteiger partial charge >= 0.3 is 0 Å². The van der Waals surface area contributed by atoms with Crippen LogP contribution in [0, 0.1) is 0 Å². The molecule has 4 heteroatoms. The SMILES string of the molecule is CON(C)C(=O)C1NCCc2ccccc21. The number of hydrogen-bond donors (Lipinski definition) is 1. The number of benzene rings is 1. The van der Waals surface area contributed by atoms with Crippen molar-refractivity contribution in [3.05, 3.63) is 35.4 Å². The number of fused-ring (bicyclic) bond motifs is 1. The van der Waals surface area contributed by atoms with E-state index in [-0.39, 0.29) is 11.9 Å². The van der Waals surface area contributed by atoms with Crippen molar-refractivity contribution < 1.29 is 9.63 Å². The van der Waals surface area contributed by atoms with E-state index >= 15 is 0 Å². The van der Waals surface area contributed by atoms with Crippen LogP contribution in [0.15, 0.2) is 24.3 Å². The largest absolute Gasteiger partial charge is 0.302 e. The van der Waals surface area contributed by atoms with Crippen LogP contribution in [0.3, 0.4) is 0 Å². The van der Waals surface area contributed by atoms with Gasteiger partial charge < -0.3 is 5.32 Å². The average Bonchev–Trinajstić information content (AvgIpc) is 2.36. The summed E-state index contributed by atoms with van der Waals surface area (Å²) in [7, 11) is 3.12. The van der Waals surface area contributed by atoms with Crippen molar-refractivity contribution in [2.24, 2.45) is 0 Å².